The zero-order chi connectivity index (χ0) is 18.9. The van der Waals surface area contributed by atoms with Crippen LogP contribution in [0.2, 0.25) is 0 Å². The molecule has 2 fully saturated rings. The lowest BCUT2D eigenvalue weighted by molar-refractivity contribution is -0.134. The van der Waals surface area contributed by atoms with Crippen molar-refractivity contribution in [3.63, 3.8) is 0 Å². The summed E-state index contributed by atoms with van der Waals surface area (Å²) in [4.78, 5) is 25.8. The van der Waals surface area contributed by atoms with Crippen molar-refractivity contribution in [3.8, 4) is 0 Å². The second-order valence-electron chi connectivity index (χ2n) is 7.10. The molecule has 3 rings (SSSR count). The fourth-order valence-corrected chi connectivity index (χ4v) is 4.26. The van der Waals surface area contributed by atoms with Gasteiger partial charge >= 0.3 is 0 Å². The lowest BCUT2D eigenvalue weighted by Crippen LogP contribution is -2.51. The normalized spacial score (nSPS) is 25.8. The van der Waals surface area contributed by atoms with Crippen molar-refractivity contribution in [2.24, 2.45) is 5.92 Å². The summed E-state index contributed by atoms with van der Waals surface area (Å²) >= 11 is 0. The first-order valence-electron chi connectivity index (χ1n) is 8.83. The number of sulfone groups is 1. The first-order chi connectivity index (χ1) is 12.2. The fraction of sp³-hybridized carbons (Fsp3) is 0.556. The Bertz CT molecular complexity index is 812. The predicted molar refractivity (Wildman–Crippen MR) is 97.1 cm³/mol. The number of carbonyl (C=O) groups excluding carboxylic acids is 2. The molecule has 1 aromatic rings. The van der Waals surface area contributed by atoms with Gasteiger partial charge in [-0.25, -0.2) is 8.42 Å². The second kappa shape index (κ2) is 7.26. The van der Waals surface area contributed by atoms with Gasteiger partial charge in [0.2, 0.25) is 11.8 Å². The molecule has 2 amide bonds. The van der Waals surface area contributed by atoms with E-state index in [1.807, 2.05) is 12.1 Å². The quantitative estimate of drug-likeness (QED) is 0.774. The molecule has 2 heterocycles. The van der Waals surface area contributed by atoms with Crippen molar-refractivity contribution in [3.05, 3.63) is 29.7 Å². The molecule has 0 spiro atoms. The van der Waals surface area contributed by atoms with Gasteiger partial charge in [0.1, 0.15) is 17.6 Å². The Balaban J connectivity index is 1.49. The van der Waals surface area contributed by atoms with Gasteiger partial charge in [-0.1, -0.05) is 6.92 Å². The molecule has 0 aromatic carbocycles. The summed E-state index contributed by atoms with van der Waals surface area (Å²) in [5, 5.41) is 2.61. The molecule has 0 radical (unpaired) electrons. The van der Waals surface area contributed by atoms with Crippen LogP contribution in [0.5, 0.6) is 0 Å². The van der Waals surface area contributed by atoms with Crippen molar-refractivity contribution in [2.45, 2.75) is 32.2 Å². The van der Waals surface area contributed by atoms with E-state index in [9.17, 15) is 18.0 Å². The Kier molecular flexibility index (Phi) is 5.22. The summed E-state index contributed by atoms with van der Waals surface area (Å²) in [5.41, 5.74) is 0. The predicted octanol–water partition coefficient (Wildman–Crippen LogP) is 1.18. The Morgan fingerprint density at radius 3 is 2.58 bits per heavy atom. The minimum absolute atomic E-state index is 0.0280. The van der Waals surface area contributed by atoms with Crippen LogP contribution in [0.1, 0.15) is 37.7 Å². The maximum absolute atomic E-state index is 12.3. The van der Waals surface area contributed by atoms with Crippen LogP contribution < -0.4 is 5.32 Å². The SMILES string of the molecule is CC(NC(=O)C=Cc1ccc(C2CC2C)o1)C(=O)N1CCS(=O)(=O)CC1. The molecule has 1 N–H and O–H groups in total. The highest BCUT2D eigenvalue weighted by molar-refractivity contribution is 7.91. The van der Waals surface area contributed by atoms with Crippen LogP contribution in [-0.2, 0) is 19.4 Å². The van der Waals surface area contributed by atoms with E-state index in [1.54, 1.807) is 13.0 Å². The average Bonchev–Trinajstić information content (AvgIpc) is 3.13. The van der Waals surface area contributed by atoms with Crippen LogP contribution in [0, 0.1) is 5.92 Å². The molecule has 0 bridgehead atoms. The molecule has 1 aliphatic heterocycles. The third-order valence-electron chi connectivity index (χ3n) is 4.91. The maximum Gasteiger partial charge on any atom is 0.244 e. The largest absolute Gasteiger partial charge is 0.461 e. The van der Waals surface area contributed by atoms with Crippen molar-refractivity contribution >= 4 is 27.7 Å². The van der Waals surface area contributed by atoms with Crippen molar-refractivity contribution in [2.75, 3.05) is 24.6 Å². The number of hydrogen-bond donors (Lipinski definition) is 1. The molecular weight excluding hydrogens is 356 g/mol. The fourth-order valence-electron chi connectivity index (χ4n) is 3.06. The van der Waals surface area contributed by atoms with Crippen LogP contribution in [0.4, 0.5) is 0 Å². The lowest BCUT2D eigenvalue weighted by Gasteiger charge is -2.29. The molecule has 1 aliphatic carbocycles. The molecule has 3 unspecified atom stereocenters. The van der Waals surface area contributed by atoms with Gasteiger partial charge in [-0.3, -0.25) is 9.59 Å². The summed E-state index contributed by atoms with van der Waals surface area (Å²) in [5.74, 6) is 1.96. The van der Waals surface area contributed by atoms with E-state index in [2.05, 4.69) is 12.2 Å². The Labute approximate surface area is 153 Å². The number of nitrogens with zero attached hydrogens (tertiary/aromatic N) is 1. The number of nitrogens with one attached hydrogen (secondary N) is 1. The van der Waals surface area contributed by atoms with Crippen LogP contribution in [0.3, 0.4) is 0 Å². The molecule has 8 heteroatoms. The van der Waals surface area contributed by atoms with Gasteiger partial charge in [0.15, 0.2) is 9.84 Å². The van der Waals surface area contributed by atoms with Gasteiger partial charge in [-0.15, -0.1) is 0 Å². The number of hydrogen-bond acceptors (Lipinski definition) is 5. The molecule has 26 heavy (non-hydrogen) atoms. The van der Waals surface area contributed by atoms with Crippen molar-refractivity contribution in [1.82, 2.24) is 10.2 Å². The number of rotatable bonds is 5. The standard InChI is InChI=1S/C18H24N2O5S/c1-12-11-15(12)16-5-3-14(25-16)4-6-17(21)19-13(2)18(22)20-7-9-26(23,24)10-8-20/h3-6,12-13,15H,7-11H2,1-2H3,(H,19,21). The van der Waals surface area contributed by atoms with Gasteiger partial charge < -0.3 is 14.6 Å². The van der Waals surface area contributed by atoms with Gasteiger partial charge in [-0.05, 0) is 37.5 Å². The third-order valence-corrected chi connectivity index (χ3v) is 6.52. The Morgan fingerprint density at radius 1 is 1.31 bits per heavy atom. The topological polar surface area (TPSA) is 96.7 Å². The number of amides is 2. The summed E-state index contributed by atoms with van der Waals surface area (Å²) in [7, 11) is -3.04. The molecule has 3 atom stereocenters. The van der Waals surface area contributed by atoms with E-state index in [-0.39, 0.29) is 30.5 Å². The van der Waals surface area contributed by atoms with E-state index in [1.165, 1.54) is 11.0 Å². The minimum atomic E-state index is -3.04. The molecule has 1 aromatic heterocycles. The van der Waals surface area contributed by atoms with Gasteiger partial charge in [0, 0.05) is 25.1 Å². The first-order valence-corrected chi connectivity index (χ1v) is 10.6. The zero-order valence-electron chi connectivity index (χ0n) is 15.0. The van der Waals surface area contributed by atoms with Crippen molar-refractivity contribution < 1.29 is 22.4 Å². The van der Waals surface area contributed by atoms with Crippen LogP contribution in [0.15, 0.2) is 22.6 Å². The third kappa shape index (κ3) is 4.55. The monoisotopic (exact) mass is 380 g/mol. The summed E-state index contributed by atoms with van der Waals surface area (Å²) < 4.78 is 28.5. The molecule has 142 valence electrons. The smallest absolute Gasteiger partial charge is 0.244 e. The van der Waals surface area contributed by atoms with Crippen LogP contribution >= 0.6 is 0 Å². The second-order valence-corrected chi connectivity index (χ2v) is 9.40. The molecule has 2 aliphatic rings. The maximum atomic E-state index is 12.3. The Hall–Kier alpha value is -2.09. The number of carbonyl (C=O) groups is 2. The van der Waals surface area contributed by atoms with Crippen LogP contribution in [0.25, 0.3) is 6.08 Å². The highest BCUT2D eigenvalue weighted by Gasteiger charge is 2.36. The van der Waals surface area contributed by atoms with E-state index in [0.717, 1.165) is 12.2 Å². The van der Waals surface area contributed by atoms with E-state index in [4.69, 9.17) is 4.42 Å². The van der Waals surface area contributed by atoms with Gasteiger partial charge in [0.25, 0.3) is 0 Å². The first kappa shape index (κ1) is 18.7. The lowest BCUT2D eigenvalue weighted by atomic mass is 10.2. The zero-order valence-corrected chi connectivity index (χ0v) is 15.8. The number of furan rings is 1. The van der Waals surface area contributed by atoms with Gasteiger partial charge in [-0.2, -0.15) is 0 Å². The van der Waals surface area contributed by atoms with E-state index < -0.39 is 21.8 Å². The minimum Gasteiger partial charge on any atom is -0.461 e. The van der Waals surface area contributed by atoms with Gasteiger partial charge in [0.05, 0.1) is 11.5 Å². The molecule has 1 saturated heterocycles. The summed E-state index contributed by atoms with van der Waals surface area (Å²) in [6.07, 6.45) is 4.05. The average molecular weight is 380 g/mol. The highest BCUT2D eigenvalue weighted by atomic mass is 32.2. The molecular formula is C18H24N2O5S. The van der Waals surface area contributed by atoms with E-state index >= 15 is 0 Å². The molecule has 7 nitrogen and oxygen atoms in total. The Morgan fingerprint density at radius 2 is 1.96 bits per heavy atom. The van der Waals surface area contributed by atoms with Crippen LogP contribution in [-0.4, -0.2) is 55.8 Å². The summed E-state index contributed by atoms with van der Waals surface area (Å²) in [6.45, 7) is 4.11. The summed E-state index contributed by atoms with van der Waals surface area (Å²) in [6, 6.07) is 3.04. The highest BCUT2D eigenvalue weighted by Crippen LogP contribution is 2.47. The van der Waals surface area contributed by atoms with Crippen molar-refractivity contribution in [1.29, 1.82) is 0 Å². The molecule has 1 saturated carbocycles. The van der Waals surface area contributed by atoms with E-state index in [0.29, 0.717) is 17.6 Å².